The Hall–Kier alpha value is -3.75. The van der Waals surface area contributed by atoms with Crippen LogP contribution < -0.4 is 10.1 Å². The fraction of sp³-hybridized carbons (Fsp3) is 0.348. The lowest BCUT2D eigenvalue weighted by molar-refractivity contribution is 0.0582. The fourth-order valence-electron chi connectivity index (χ4n) is 3.95. The van der Waals surface area contributed by atoms with Crippen LogP contribution in [0.4, 0.5) is 5.69 Å². The number of likely N-dealkylation sites (tertiary alicyclic amines) is 1. The quantitative estimate of drug-likeness (QED) is 0.662. The normalized spacial score (nSPS) is 16.0. The van der Waals surface area contributed by atoms with Gasteiger partial charge in [0.25, 0.3) is 11.8 Å². The number of carbonyl (C=O) groups is 2. The van der Waals surface area contributed by atoms with E-state index in [2.05, 4.69) is 20.3 Å². The number of carbonyl (C=O) groups excluding carboxylic acids is 2. The van der Waals surface area contributed by atoms with E-state index in [1.807, 2.05) is 12.1 Å². The lowest BCUT2D eigenvalue weighted by Crippen LogP contribution is -2.40. The first kappa shape index (κ1) is 21.5. The van der Waals surface area contributed by atoms with Gasteiger partial charge < -0.3 is 19.5 Å². The third-order valence-electron chi connectivity index (χ3n) is 5.67. The highest BCUT2D eigenvalue weighted by Crippen LogP contribution is 2.30. The number of amides is 2. The minimum absolute atomic E-state index is 0.138. The summed E-state index contributed by atoms with van der Waals surface area (Å²) in [5.74, 6) is 1.05. The van der Waals surface area contributed by atoms with Crippen LogP contribution in [0.15, 0.2) is 42.9 Å². The molecule has 3 heterocycles. The molecule has 2 aromatic heterocycles. The number of rotatable bonds is 5. The molecular formula is C23H26N6O3. The van der Waals surface area contributed by atoms with Crippen molar-refractivity contribution in [3.8, 4) is 5.75 Å². The summed E-state index contributed by atoms with van der Waals surface area (Å²) in [7, 11) is 3.35. The van der Waals surface area contributed by atoms with E-state index in [1.54, 1.807) is 55.1 Å². The first-order chi connectivity index (χ1) is 15.5. The van der Waals surface area contributed by atoms with Crippen LogP contribution in [0.3, 0.4) is 0 Å². The predicted octanol–water partition coefficient (Wildman–Crippen LogP) is 3.15. The molecule has 3 aromatic rings. The van der Waals surface area contributed by atoms with Crippen molar-refractivity contribution in [3.63, 3.8) is 0 Å². The topological polar surface area (TPSA) is 102 Å². The largest absolute Gasteiger partial charge is 0.495 e. The molecule has 1 N–H and O–H groups in total. The van der Waals surface area contributed by atoms with Crippen molar-refractivity contribution in [2.45, 2.75) is 32.2 Å². The zero-order chi connectivity index (χ0) is 22.7. The number of imidazole rings is 1. The van der Waals surface area contributed by atoms with Crippen LogP contribution in [0.5, 0.6) is 5.75 Å². The van der Waals surface area contributed by atoms with Gasteiger partial charge in [0, 0.05) is 32.2 Å². The van der Waals surface area contributed by atoms with E-state index in [0.29, 0.717) is 40.9 Å². The molecule has 9 nitrogen and oxygen atoms in total. The van der Waals surface area contributed by atoms with Crippen LogP contribution in [-0.2, 0) is 7.05 Å². The number of aromatic nitrogens is 4. The highest BCUT2D eigenvalue weighted by molar-refractivity contribution is 6.05. The highest BCUT2D eigenvalue weighted by atomic mass is 16.5. The van der Waals surface area contributed by atoms with Gasteiger partial charge in [0.05, 0.1) is 30.1 Å². The molecule has 1 atom stereocenters. The van der Waals surface area contributed by atoms with Crippen molar-refractivity contribution in [3.05, 3.63) is 65.8 Å². The standard InChI is InChI=1S/C23H26N6O3/c1-15-16(22(30)27-17-8-4-5-10-19(17)32-3)14-25-20(26-15)18-9-6-7-12-29(18)23(31)21-24-11-13-28(21)2/h4-5,8,10-11,13-14,18H,6-7,9,12H2,1-3H3,(H,27,30). The first-order valence-electron chi connectivity index (χ1n) is 10.6. The number of benzene rings is 1. The summed E-state index contributed by atoms with van der Waals surface area (Å²) < 4.78 is 7.01. The molecule has 0 aliphatic carbocycles. The molecule has 1 saturated heterocycles. The lowest BCUT2D eigenvalue weighted by Gasteiger charge is -2.34. The van der Waals surface area contributed by atoms with Gasteiger partial charge in [-0.1, -0.05) is 12.1 Å². The summed E-state index contributed by atoms with van der Waals surface area (Å²) in [5, 5.41) is 2.85. The number of aryl methyl sites for hydroxylation is 2. The van der Waals surface area contributed by atoms with Crippen LogP contribution in [0.25, 0.3) is 0 Å². The second kappa shape index (κ2) is 9.17. The lowest BCUT2D eigenvalue weighted by atomic mass is 10.0. The monoisotopic (exact) mass is 434 g/mol. The third kappa shape index (κ3) is 4.18. The van der Waals surface area contributed by atoms with E-state index < -0.39 is 0 Å². The molecule has 1 aromatic carbocycles. The van der Waals surface area contributed by atoms with Gasteiger partial charge in [-0.2, -0.15) is 0 Å². The summed E-state index contributed by atoms with van der Waals surface area (Å²) in [6, 6.07) is 6.95. The molecule has 9 heteroatoms. The van der Waals surface area contributed by atoms with E-state index >= 15 is 0 Å². The van der Waals surface area contributed by atoms with Crippen molar-refractivity contribution in [2.75, 3.05) is 19.0 Å². The van der Waals surface area contributed by atoms with Gasteiger partial charge in [-0.25, -0.2) is 15.0 Å². The van der Waals surface area contributed by atoms with Crippen LogP contribution in [-0.4, -0.2) is 49.9 Å². The van der Waals surface area contributed by atoms with E-state index in [9.17, 15) is 9.59 Å². The number of hydrogen-bond donors (Lipinski definition) is 1. The van der Waals surface area contributed by atoms with Gasteiger partial charge in [0.15, 0.2) is 11.6 Å². The number of methoxy groups -OCH3 is 1. The molecule has 0 saturated carbocycles. The summed E-state index contributed by atoms with van der Waals surface area (Å²) in [6.45, 7) is 2.39. The Morgan fingerprint density at radius 3 is 2.72 bits per heavy atom. The third-order valence-corrected chi connectivity index (χ3v) is 5.67. The Labute approximate surface area is 186 Å². The Bertz CT molecular complexity index is 1140. The summed E-state index contributed by atoms with van der Waals surface area (Å²) in [4.78, 5) is 41.0. The van der Waals surface area contributed by atoms with E-state index in [-0.39, 0.29) is 17.9 Å². The molecule has 4 rings (SSSR count). The summed E-state index contributed by atoms with van der Waals surface area (Å²) >= 11 is 0. The molecule has 0 bridgehead atoms. The van der Waals surface area contributed by atoms with Gasteiger partial charge >= 0.3 is 0 Å². The maximum atomic E-state index is 13.1. The van der Waals surface area contributed by atoms with Crippen LogP contribution in [0.1, 0.15) is 57.8 Å². The van der Waals surface area contributed by atoms with Crippen LogP contribution in [0, 0.1) is 6.92 Å². The second-order valence-electron chi connectivity index (χ2n) is 7.75. The van der Waals surface area contributed by atoms with Crippen molar-refractivity contribution in [1.82, 2.24) is 24.4 Å². The van der Waals surface area contributed by atoms with Crippen LogP contribution >= 0.6 is 0 Å². The molecule has 32 heavy (non-hydrogen) atoms. The Balaban J connectivity index is 1.57. The molecule has 1 fully saturated rings. The highest BCUT2D eigenvalue weighted by Gasteiger charge is 2.32. The Kier molecular flexibility index (Phi) is 6.16. The van der Waals surface area contributed by atoms with Gasteiger partial charge in [0.1, 0.15) is 5.75 Å². The smallest absolute Gasteiger partial charge is 0.290 e. The van der Waals surface area contributed by atoms with Gasteiger partial charge in [0.2, 0.25) is 0 Å². The Morgan fingerprint density at radius 2 is 2.00 bits per heavy atom. The van der Waals surface area contributed by atoms with Gasteiger partial charge in [-0.15, -0.1) is 0 Å². The molecule has 0 radical (unpaired) electrons. The summed E-state index contributed by atoms with van der Waals surface area (Å²) in [6.07, 6.45) is 7.56. The molecule has 1 unspecified atom stereocenters. The number of hydrogen-bond acceptors (Lipinski definition) is 6. The molecule has 2 amide bonds. The SMILES string of the molecule is COc1ccccc1NC(=O)c1cnc(C2CCCCN2C(=O)c2nccn2C)nc1C. The average molecular weight is 435 g/mol. The first-order valence-corrected chi connectivity index (χ1v) is 10.6. The van der Waals surface area contributed by atoms with Crippen molar-refractivity contribution < 1.29 is 14.3 Å². The summed E-state index contributed by atoms with van der Waals surface area (Å²) in [5.41, 5.74) is 1.50. The predicted molar refractivity (Wildman–Crippen MR) is 119 cm³/mol. The van der Waals surface area contributed by atoms with Crippen LogP contribution in [0.2, 0.25) is 0 Å². The number of para-hydroxylation sites is 2. The average Bonchev–Trinajstić information content (AvgIpc) is 3.24. The minimum atomic E-state index is -0.317. The second-order valence-corrected chi connectivity index (χ2v) is 7.75. The fourth-order valence-corrected chi connectivity index (χ4v) is 3.95. The maximum Gasteiger partial charge on any atom is 0.290 e. The molecule has 0 spiro atoms. The van der Waals surface area contributed by atoms with Gasteiger partial charge in [-0.05, 0) is 38.3 Å². The zero-order valence-electron chi connectivity index (χ0n) is 18.4. The number of piperidine rings is 1. The van der Waals surface area contributed by atoms with Crippen molar-refractivity contribution >= 4 is 17.5 Å². The number of nitrogens with zero attached hydrogens (tertiary/aromatic N) is 5. The van der Waals surface area contributed by atoms with E-state index in [4.69, 9.17) is 4.74 Å². The number of nitrogens with one attached hydrogen (secondary N) is 1. The Morgan fingerprint density at radius 1 is 1.19 bits per heavy atom. The molecule has 1 aliphatic heterocycles. The minimum Gasteiger partial charge on any atom is -0.495 e. The maximum absolute atomic E-state index is 13.1. The molecule has 166 valence electrons. The number of ether oxygens (including phenoxy) is 1. The van der Waals surface area contributed by atoms with E-state index in [0.717, 1.165) is 19.3 Å². The van der Waals surface area contributed by atoms with Crippen molar-refractivity contribution in [1.29, 1.82) is 0 Å². The molecule has 1 aliphatic rings. The number of anilines is 1. The molecular weight excluding hydrogens is 408 g/mol. The zero-order valence-corrected chi connectivity index (χ0v) is 18.4. The van der Waals surface area contributed by atoms with Gasteiger partial charge in [-0.3, -0.25) is 9.59 Å². The van der Waals surface area contributed by atoms with E-state index in [1.165, 1.54) is 6.20 Å². The van der Waals surface area contributed by atoms with Crippen molar-refractivity contribution in [2.24, 2.45) is 7.05 Å².